The summed E-state index contributed by atoms with van der Waals surface area (Å²) in [4.78, 5) is 43.2. The Morgan fingerprint density at radius 3 is 2.62 bits per heavy atom. The number of anilines is 1. The molecule has 0 spiro atoms. The molecular formula is C19H17N3O3S. The second-order valence-electron chi connectivity index (χ2n) is 7.30. The maximum atomic E-state index is 12.6. The van der Waals surface area contributed by atoms with Crippen molar-refractivity contribution in [3.8, 4) is 0 Å². The average Bonchev–Trinajstić information content (AvgIpc) is 3.34. The molecule has 4 atom stereocenters. The van der Waals surface area contributed by atoms with Crippen molar-refractivity contribution in [3.05, 3.63) is 35.9 Å². The molecule has 3 aliphatic rings. The Morgan fingerprint density at radius 1 is 1.23 bits per heavy atom. The fourth-order valence-electron chi connectivity index (χ4n) is 4.51. The van der Waals surface area contributed by atoms with Crippen LogP contribution in [-0.2, 0) is 14.4 Å². The summed E-state index contributed by atoms with van der Waals surface area (Å²) >= 11 is 1.39. The molecule has 5 rings (SSSR count). The Morgan fingerprint density at radius 2 is 1.92 bits per heavy atom. The van der Waals surface area contributed by atoms with Gasteiger partial charge in [-0.1, -0.05) is 29.6 Å². The normalized spacial score (nSPS) is 29.0. The van der Waals surface area contributed by atoms with E-state index in [0.29, 0.717) is 5.13 Å². The molecule has 2 heterocycles. The molecule has 2 aromatic rings. The molecule has 7 heteroatoms. The summed E-state index contributed by atoms with van der Waals surface area (Å²) in [5.74, 6) is -1.02. The third-order valence-corrected chi connectivity index (χ3v) is 6.59. The molecule has 2 aliphatic carbocycles. The molecule has 1 N–H and O–H groups in total. The number of allylic oxidation sites excluding steroid dienone is 2. The van der Waals surface area contributed by atoms with Crippen LogP contribution in [0.5, 0.6) is 0 Å². The van der Waals surface area contributed by atoms with E-state index in [9.17, 15) is 14.4 Å². The van der Waals surface area contributed by atoms with Crippen LogP contribution in [0.4, 0.5) is 5.13 Å². The first-order valence-electron chi connectivity index (χ1n) is 8.72. The van der Waals surface area contributed by atoms with Gasteiger partial charge in [0.15, 0.2) is 5.13 Å². The number of carbonyl (C=O) groups excluding carboxylic acids is 3. The Balaban J connectivity index is 1.31. The number of imide groups is 1. The van der Waals surface area contributed by atoms with Crippen LogP contribution >= 0.6 is 11.3 Å². The zero-order valence-corrected chi connectivity index (χ0v) is 15.0. The molecule has 6 nitrogen and oxygen atoms in total. The minimum atomic E-state index is -0.386. The van der Waals surface area contributed by atoms with E-state index < -0.39 is 0 Å². The highest BCUT2D eigenvalue weighted by atomic mass is 32.1. The van der Waals surface area contributed by atoms with Gasteiger partial charge in [0.25, 0.3) is 0 Å². The van der Waals surface area contributed by atoms with Crippen molar-refractivity contribution in [2.24, 2.45) is 23.7 Å². The van der Waals surface area contributed by atoms with E-state index in [1.54, 1.807) is 0 Å². The van der Waals surface area contributed by atoms with Crippen LogP contribution in [0.2, 0.25) is 0 Å². The van der Waals surface area contributed by atoms with Gasteiger partial charge in [0.05, 0.1) is 22.1 Å². The summed E-state index contributed by atoms with van der Waals surface area (Å²) in [7, 11) is 0. The van der Waals surface area contributed by atoms with Gasteiger partial charge in [-0.15, -0.1) is 0 Å². The molecule has 0 unspecified atom stereocenters. The van der Waals surface area contributed by atoms with Gasteiger partial charge in [0.1, 0.15) is 6.54 Å². The first-order valence-corrected chi connectivity index (χ1v) is 9.53. The molecule has 132 valence electrons. The minimum Gasteiger partial charge on any atom is -0.300 e. The second kappa shape index (κ2) is 5.48. The number of nitrogens with zero attached hydrogens (tertiary/aromatic N) is 2. The standard InChI is InChI=1S/C19H17N3O3S/c1-9-2-5-12-13(6-9)26-19(20-12)21-14(23)8-22-17(24)15-10-3-4-11(7-10)16(15)18(22)25/h2-6,10-11,15-16H,7-8H2,1H3,(H,20,21,23)/t10-,11-,15-,16-/m0/s1. The number of carbonyl (C=O) groups is 3. The molecule has 2 bridgehead atoms. The number of nitrogens with one attached hydrogen (secondary N) is 1. The van der Waals surface area contributed by atoms with Crippen LogP contribution in [0.3, 0.4) is 0 Å². The fourth-order valence-corrected chi connectivity index (χ4v) is 5.49. The monoisotopic (exact) mass is 367 g/mol. The number of thiazole rings is 1. The predicted molar refractivity (Wildman–Crippen MR) is 97.4 cm³/mol. The Kier molecular flexibility index (Phi) is 3.31. The number of hydrogen-bond donors (Lipinski definition) is 1. The van der Waals surface area contributed by atoms with Crippen LogP contribution in [0.15, 0.2) is 30.4 Å². The number of likely N-dealkylation sites (tertiary alicyclic amines) is 1. The van der Waals surface area contributed by atoms with E-state index in [1.807, 2.05) is 37.3 Å². The molecule has 1 aromatic carbocycles. The zero-order valence-electron chi connectivity index (χ0n) is 14.1. The summed E-state index contributed by atoms with van der Waals surface area (Å²) < 4.78 is 0.991. The lowest BCUT2D eigenvalue weighted by Gasteiger charge is -2.16. The predicted octanol–water partition coefficient (Wildman–Crippen LogP) is 2.35. The lowest BCUT2D eigenvalue weighted by atomic mass is 9.85. The highest BCUT2D eigenvalue weighted by molar-refractivity contribution is 7.22. The van der Waals surface area contributed by atoms with Gasteiger partial charge in [-0.3, -0.25) is 19.3 Å². The summed E-state index contributed by atoms with van der Waals surface area (Å²) in [6.45, 7) is 1.76. The first-order chi connectivity index (χ1) is 12.5. The number of rotatable bonds is 3. The van der Waals surface area contributed by atoms with Crippen LogP contribution in [-0.4, -0.2) is 34.2 Å². The third kappa shape index (κ3) is 2.23. The number of aryl methyl sites for hydroxylation is 1. The van der Waals surface area contributed by atoms with E-state index >= 15 is 0 Å². The first kappa shape index (κ1) is 15.7. The highest BCUT2D eigenvalue weighted by Gasteiger charge is 2.59. The molecule has 3 amide bonds. The van der Waals surface area contributed by atoms with Gasteiger partial charge in [-0.2, -0.15) is 0 Å². The number of fused-ring (bicyclic) bond motifs is 6. The van der Waals surface area contributed by atoms with Crippen LogP contribution in [0.25, 0.3) is 10.2 Å². The summed E-state index contributed by atoms with van der Waals surface area (Å²) in [6, 6.07) is 5.89. The fraction of sp³-hybridized carbons (Fsp3) is 0.368. The summed E-state index contributed by atoms with van der Waals surface area (Å²) in [6.07, 6.45) is 4.98. The van der Waals surface area contributed by atoms with E-state index in [-0.39, 0.29) is 47.9 Å². The highest BCUT2D eigenvalue weighted by Crippen LogP contribution is 2.52. The van der Waals surface area contributed by atoms with Gasteiger partial charge in [0.2, 0.25) is 17.7 Å². The van der Waals surface area contributed by atoms with Crippen molar-refractivity contribution in [3.63, 3.8) is 0 Å². The molecule has 26 heavy (non-hydrogen) atoms. The van der Waals surface area contributed by atoms with Crippen molar-refractivity contribution in [1.29, 1.82) is 0 Å². The molecule has 1 saturated carbocycles. The lowest BCUT2D eigenvalue weighted by molar-refractivity contribution is -0.143. The molecule has 2 fully saturated rings. The topological polar surface area (TPSA) is 79.4 Å². The van der Waals surface area contributed by atoms with Crippen molar-refractivity contribution < 1.29 is 14.4 Å². The van der Waals surface area contributed by atoms with Crippen molar-refractivity contribution in [1.82, 2.24) is 9.88 Å². The molecule has 1 aliphatic heterocycles. The van der Waals surface area contributed by atoms with E-state index in [2.05, 4.69) is 10.3 Å². The van der Waals surface area contributed by atoms with E-state index in [1.165, 1.54) is 11.3 Å². The third-order valence-electron chi connectivity index (χ3n) is 5.65. The number of amides is 3. The summed E-state index contributed by atoms with van der Waals surface area (Å²) in [5, 5.41) is 3.21. The number of aromatic nitrogens is 1. The Bertz CT molecular complexity index is 965. The van der Waals surface area contributed by atoms with Gasteiger partial charge in [-0.25, -0.2) is 4.98 Å². The number of hydrogen-bond acceptors (Lipinski definition) is 5. The maximum absolute atomic E-state index is 12.6. The largest absolute Gasteiger partial charge is 0.300 e. The SMILES string of the molecule is Cc1ccc2nc(NC(=O)CN3C(=O)[C@@H]4[C@@H](C3=O)[C@H]3C=C[C@H]4C3)sc2c1. The van der Waals surface area contributed by atoms with Crippen molar-refractivity contribution in [2.75, 3.05) is 11.9 Å². The molecule has 0 radical (unpaired) electrons. The lowest BCUT2D eigenvalue weighted by Crippen LogP contribution is -2.39. The van der Waals surface area contributed by atoms with Gasteiger partial charge < -0.3 is 5.32 Å². The molecule has 1 saturated heterocycles. The Labute approximate surface area is 153 Å². The van der Waals surface area contributed by atoms with Gasteiger partial charge >= 0.3 is 0 Å². The number of benzene rings is 1. The van der Waals surface area contributed by atoms with Crippen LogP contribution < -0.4 is 5.32 Å². The second-order valence-corrected chi connectivity index (χ2v) is 8.33. The minimum absolute atomic E-state index is 0.155. The molecule has 1 aromatic heterocycles. The van der Waals surface area contributed by atoms with Gasteiger partial charge in [-0.05, 0) is 42.9 Å². The average molecular weight is 367 g/mol. The van der Waals surface area contributed by atoms with Gasteiger partial charge in [0, 0.05) is 0 Å². The van der Waals surface area contributed by atoms with Crippen molar-refractivity contribution in [2.45, 2.75) is 13.3 Å². The van der Waals surface area contributed by atoms with E-state index in [4.69, 9.17) is 0 Å². The van der Waals surface area contributed by atoms with E-state index in [0.717, 1.165) is 27.1 Å². The van der Waals surface area contributed by atoms with Crippen molar-refractivity contribution >= 4 is 44.4 Å². The smallest absolute Gasteiger partial charge is 0.246 e. The van der Waals surface area contributed by atoms with Crippen LogP contribution in [0, 0.1) is 30.6 Å². The zero-order chi connectivity index (χ0) is 18.0. The maximum Gasteiger partial charge on any atom is 0.246 e. The van der Waals surface area contributed by atoms with Crippen LogP contribution in [0.1, 0.15) is 12.0 Å². The molecular weight excluding hydrogens is 350 g/mol. The summed E-state index contributed by atoms with van der Waals surface area (Å²) in [5.41, 5.74) is 1.95. The Hall–Kier alpha value is -2.54. The quantitative estimate of drug-likeness (QED) is 0.667.